The second-order valence-electron chi connectivity index (χ2n) is 6.72. The Morgan fingerprint density at radius 3 is 1.97 bits per heavy atom. The largest absolute Gasteiger partial charge is 0.480 e. The fourth-order valence-electron chi connectivity index (χ4n) is 2.36. The summed E-state index contributed by atoms with van der Waals surface area (Å²) >= 11 is 9.46. The van der Waals surface area contributed by atoms with Crippen LogP contribution in [0, 0.1) is 0 Å². The second-order valence-corrected chi connectivity index (χ2v) is 8.44. The number of nitrogens with zero attached hydrogens (tertiary/aromatic N) is 1. The molecule has 3 amide bonds. The third-order valence-electron chi connectivity index (χ3n) is 4.16. The van der Waals surface area contributed by atoms with E-state index in [0.717, 1.165) is 0 Å². The number of carboxylic acid groups (broad SMARTS) is 1. The van der Waals surface area contributed by atoms with Crippen molar-refractivity contribution in [3.63, 3.8) is 0 Å². The lowest BCUT2D eigenvalue weighted by Crippen LogP contribution is -2.58. The zero-order valence-corrected chi connectivity index (χ0v) is 20.4. The molecule has 0 fully saturated rings. The van der Waals surface area contributed by atoms with Gasteiger partial charge < -0.3 is 38.3 Å². The number of carbonyl (C=O) groups is 4. The monoisotopic (exact) mass is 511 g/mol. The predicted octanol–water partition coefficient (Wildman–Crippen LogP) is -2.48. The summed E-state index contributed by atoms with van der Waals surface area (Å²) in [7, 11) is 0. The standard InChI is InChI=1S/C17H33N7O5S3/c1-32-6-4-10(14(26)24-12(8-31)16(28)29)22-15(27)11(7-30)23-13(25)9(18)3-2-5-21-17(19)20/h9-12,30-31H,2-8,18H2,1H3,(H,22,27)(H,23,25)(H,24,26)(H,28,29)(H4,19,20,21). The van der Waals surface area contributed by atoms with Gasteiger partial charge in [0.2, 0.25) is 17.7 Å². The Morgan fingerprint density at radius 2 is 1.47 bits per heavy atom. The Hall–Kier alpha value is -1.84. The number of thiol groups is 2. The van der Waals surface area contributed by atoms with Crippen molar-refractivity contribution in [2.45, 2.75) is 43.4 Å². The Balaban J connectivity index is 4.99. The van der Waals surface area contributed by atoms with Gasteiger partial charge in [-0.1, -0.05) is 0 Å². The summed E-state index contributed by atoms with van der Waals surface area (Å²) < 4.78 is 0. The van der Waals surface area contributed by atoms with Crippen LogP contribution >= 0.6 is 37.0 Å². The molecule has 0 aliphatic heterocycles. The first-order valence-corrected chi connectivity index (χ1v) is 12.4. The van der Waals surface area contributed by atoms with E-state index in [0.29, 0.717) is 25.1 Å². The maximum atomic E-state index is 12.7. The maximum absolute atomic E-state index is 12.7. The van der Waals surface area contributed by atoms with Crippen molar-refractivity contribution in [3.05, 3.63) is 0 Å². The molecule has 4 unspecified atom stereocenters. The van der Waals surface area contributed by atoms with Crippen LogP contribution in [0.15, 0.2) is 4.99 Å². The molecule has 12 nitrogen and oxygen atoms in total. The van der Waals surface area contributed by atoms with Crippen LogP contribution in [0.3, 0.4) is 0 Å². The summed E-state index contributed by atoms with van der Waals surface area (Å²) in [4.78, 5) is 52.4. The van der Waals surface area contributed by atoms with E-state index in [1.165, 1.54) is 11.8 Å². The lowest BCUT2D eigenvalue weighted by Gasteiger charge is -2.24. The Bertz CT molecular complexity index is 664. The topological polar surface area (TPSA) is 215 Å². The highest BCUT2D eigenvalue weighted by Gasteiger charge is 2.29. The number of aliphatic carboxylic acids is 1. The van der Waals surface area contributed by atoms with Crippen molar-refractivity contribution in [3.8, 4) is 0 Å². The van der Waals surface area contributed by atoms with Gasteiger partial charge in [-0.2, -0.15) is 37.0 Å². The van der Waals surface area contributed by atoms with Crippen molar-refractivity contribution in [1.29, 1.82) is 0 Å². The molecule has 0 aromatic heterocycles. The molecule has 0 aromatic carbocycles. The highest BCUT2D eigenvalue weighted by molar-refractivity contribution is 7.98. The molecule has 0 heterocycles. The maximum Gasteiger partial charge on any atom is 0.327 e. The normalized spacial score (nSPS) is 14.4. The van der Waals surface area contributed by atoms with Gasteiger partial charge in [0.1, 0.15) is 18.1 Å². The molecule has 0 aliphatic rings. The van der Waals surface area contributed by atoms with Gasteiger partial charge >= 0.3 is 5.97 Å². The second kappa shape index (κ2) is 16.7. The molecule has 10 N–H and O–H groups in total. The number of carboxylic acids is 1. The number of rotatable bonds is 16. The van der Waals surface area contributed by atoms with Crippen LogP contribution in [0.2, 0.25) is 0 Å². The smallest absolute Gasteiger partial charge is 0.327 e. The van der Waals surface area contributed by atoms with Crippen molar-refractivity contribution in [2.75, 3.05) is 30.1 Å². The number of aliphatic imine (C=N–C) groups is 1. The van der Waals surface area contributed by atoms with E-state index in [2.05, 4.69) is 46.2 Å². The molecule has 0 aromatic rings. The zero-order chi connectivity index (χ0) is 24.7. The average molecular weight is 512 g/mol. The molecular formula is C17H33N7O5S3. The molecule has 184 valence electrons. The number of hydrogen-bond donors (Lipinski definition) is 9. The minimum absolute atomic E-state index is 0.0381. The van der Waals surface area contributed by atoms with Gasteiger partial charge in [-0.3, -0.25) is 19.4 Å². The van der Waals surface area contributed by atoms with Gasteiger partial charge in [-0.15, -0.1) is 0 Å². The average Bonchev–Trinajstić information content (AvgIpc) is 2.74. The van der Waals surface area contributed by atoms with Crippen molar-refractivity contribution >= 4 is 66.7 Å². The number of thioether (sulfide) groups is 1. The Labute approximate surface area is 202 Å². The van der Waals surface area contributed by atoms with Crippen molar-refractivity contribution in [2.24, 2.45) is 22.2 Å². The fourth-order valence-corrected chi connectivity index (χ4v) is 3.33. The molecule has 0 spiro atoms. The first kappa shape index (κ1) is 30.2. The van der Waals surface area contributed by atoms with Crippen molar-refractivity contribution < 1.29 is 24.3 Å². The number of hydrogen-bond acceptors (Lipinski definition) is 9. The zero-order valence-electron chi connectivity index (χ0n) is 17.8. The third kappa shape index (κ3) is 12.3. The summed E-state index contributed by atoms with van der Waals surface area (Å²) in [6, 6.07) is -4.12. The Morgan fingerprint density at radius 1 is 0.938 bits per heavy atom. The summed E-state index contributed by atoms with van der Waals surface area (Å²) in [6.07, 6.45) is 2.85. The van der Waals surface area contributed by atoms with Crippen LogP contribution in [0.4, 0.5) is 0 Å². The van der Waals surface area contributed by atoms with Gasteiger partial charge in [-0.25, -0.2) is 4.79 Å². The van der Waals surface area contributed by atoms with Gasteiger partial charge in [-0.05, 0) is 31.3 Å². The summed E-state index contributed by atoms with van der Waals surface area (Å²) in [5, 5.41) is 16.5. The third-order valence-corrected chi connectivity index (χ3v) is 5.53. The summed E-state index contributed by atoms with van der Waals surface area (Å²) in [5.41, 5.74) is 16.3. The van der Waals surface area contributed by atoms with Gasteiger partial charge in [0.15, 0.2) is 5.96 Å². The van der Waals surface area contributed by atoms with E-state index >= 15 is 0 Å². The SMILES string of the molecule is CSCCC(NC(=O)C(CS)NC(=O)C(N)CCCN=C(N)N)C(=O)NC(CS)C(=O)O. The first-order chi connectivity index (χ1) is 15.1. The molecule has 0 aliphatic carbocycles. The first-order valence-electron chi connectivity index (χ1n) is 9.72. The highest BCUT2D eigenvalue weighted by atomic mass is 32.2. The van der Waals surface area contributed by atoms with Gasteiger partial charge in [0, 0.05) is 18.1 Å². The van der Waals surface area contributed by atoms with Crippen LogP contribution < -0.4 is 33.2 Å². The van der Waals surface area contributed by atoms with E-state index in [1.807, 2.05) is 6.26 Å². The molecule has 0 rings (SSSR count). The van der Waals surface area contributed by atoms with E-state index in [1.54, 1.807) is 0 Å². The van der Waals surface area contributed by atoms with E-state index in [-0.39, 0.29) is 23.9 Å². The molecular weight excluding hydrogens is 478 g/mol. The van der Waals surface area contributed by atoms with Crippen LogP contribution in [-0.2, 0) is 19.2 Å². The molecule has 0 radical (unpaired) electrons. The van der Waals surface area contributed by atoms with Crippen LogP contribution in [0.1, 0.15) is 19.3 Å². The molecule has 0 saturated heterocycles. The Kier molecular flexibility index (Phi) is 15.8. The minimum atomic E-state index is -1.24. The van der Waals surface area contributed by atoms with Gasteiger partial charge in [0.25, 0.3) is 0 Å². The quantitative estimate of drug-likeness (QED) is 0.0463. The molecule has 0 bridgehead atoms. The van der Waals surface area contributed by atoms with E-state index < -0.39 is 47.9 Å². The molecule has 15 heteroatoms. The lowest BCUT2D eigenvalue weighted by molar-refractivity contribution is -0.141. The van der Waals surface area contributed by atoms with Crippen LogP contribution in [0.25, 0.3) is 0 Å². The summed E-state index contributed by atoms with van der Waals surface area (Å²) in [6.45, 7) is 0.315. The van der Waals surface area contributed by atoms with E-state index in [4.69, 9.17) is 22.3 Å². The fraction of sp³-hybridized carbons (Fsp3) is 0.706. The predicted molar refractivity (Wildman–Crippen MR) is 132 cm³/mol. The number of guanidine groups is 1. The molecule has 0 saturated carbocycles. The lowest BCUT2D eigenvalue weighted by atomic mass is 10.1. The van der Waals surface area contributed by atoms with Gasteiger partial charge in [0.05, 0.1) is 6.04 Å². The molecule has 32 heavy (non-hydrogen) atoms. The highest BCUT2D eigenvalue weighted by Crippen LogP contribution is 2.04. The number of nitrogens with one attached hydrogen (secondary N) is 3. The number of carbonyl (C=O) groups excluding carboxylic acids is 3. The number of amides is 3. The molecule has 4 atom stereocenters. The van der Waals surface area contributed by atoms with Crippen LogP contribution in [-0.4, -0.2) is 89.0 Å². The summed E-state index contributed by atoms with van der Waals surface area (Å²) in [5.74, 6) is -2.76. The van der Waals surface area contributed by atoms with Crippen LogP contribution in [0.5, 0.6) is 0 Å². The number of nitrogens with two attached hydrogens (primary N) is 3. The van der Waals surface area contributed by atoms with E-state index in [9.17, 15) is 19.2 Å². The minimum Gasteiger partial charge on any atom is -0.480 e. The van der Waals surface area contributed by atoms with Crippen molar-refractivity contribution in [1.82, 2.24) is 16.0 Å².